The topological polar surface area (TPSA) is 102 Å². The summed E-state index contributed by atoms with van der Waals surface area (Å²) in [7, 11) is -2.77. The number of benzene rings is 1. The van der Waals surface area contributed by atoms with Crippen molar-refractivity contribution in [3.8, 4) is 5.75 Å². The summed E-state index contributed by atoms with van der Waals surface area (Å²) >= 11 is 0. The third kappa shape index (κ3) is 3.09. The van der Waals surface area contributed by atoms with Gasteiger partial charge in [0.2, 0.25) is 10.0 Å². The number of hydrogen-bond donors (Lipinski definition) is 3. The van der Waals surface area contributed by atoms with E-state index in [0.29, 0.717) is 0 Å². The van der Waals surface area contributed by atoms with E-state index in [1.165, 1.54) is 14.0 Å². The average Bonchev–Trinajstić information content (AvgIpc) is 2.30. The minimum Gasteiger partial charge on any atom is -0.494 e. The van der Waals surface area contributed by atoms with Crippen molar-refractivity contribution in [2.75, 3.05) is 19.5 Å². The molecule has 0 saturated carbocycles. The summed E-state index contributed by atoms with van der Waals surface area (Å²) in [6.07, 6.45) is 0. The number of hydrogen-bond acceptors (Lipinski definition) is 5. The number of nitrogens with one attached hydrogen (secondary N) is 1. The Bertz CT molecular complexity index is 533. The highest BCUT2D eigenvalue weighted by Gasteiger charge is 2.23. The molecule has 0 aliphatic carbocycles. The molecule has 102 valence electrons. The Labute approximate surface area is 105 Å². The Hall–Kier alpha value is -1.38. The molecular weight excluding hydrogens is 263 g/mol. The van der Waals surface area contributed by atoms with Crippen LogP contribution in [-0.2, 0) is 10.0 Å². The second-order valence-corrected chi connectivity index (χ2v) is 5.41. The molecule has 0 aliphatic heterocycles. The Kier molecular flexibility index (Phi) is 4.49. The molecule has 0 heterocycles. The normalized spacial score (nSPS) is 13.3. The van der Waals surface area contributed by atoms with E-state index >= 15 is 0 Å². The fraction of sp³-hybridized carbons (Fsp3) is 0.400. The third-order valence-corrected chi connectivity index (χ3v) is 3.81. The van der Waals surface area contributed by atoms with Crippen molar-refractivity contribution in [3.05, 3.63) is 17.9 Å². The fourth-order valence-electron chi connectivity index (χ4n) is 1.30. The number of rotatable bonds is 5. The van der Waals surface area contributed by atoms with Crippen molar-refractivity contribution in [3.63, 3.8) is 0 Å². The van der Waals surface area contributed by atoms with Crippen LogP contribution in [0.1, 0.15) is 6.92 Å². The summed E-state index contributed by atoms with van der Waals surface area (Å²) in [6.45, 7) is 1.05. The molecule has 1 aromatic carbocycles. The first-order chi connectivity index (χ1) is 8.31. The smallest absolute Gasteiger partial charge is 0.243 e. The molecule has 1 atom stereocenters. The van der Waals surface area contributed by atoms with Gasteiger partial charge in [0.1, 0.15) is 16.5 Å². The highest BCUT2D eigenvalue weighted by molar-refractivity contribution is 7.89. The van der Waals surface area contributed by atoms with Crippen LogP contribution in [0.25, 0.3) is 0 Å². The molecule has 0 unspecified atom stereocenters. The van der Waals surface area contributed by atoms with Crippen molar-refractivity contribution < 1.29 is 22.7 Å². The molecule has 0 saturated heterocycles. The molecule has 1 aromatic rings. The summed E-state index contributed by atoms with van der Waals surface area (Å²) in [5.74, 6) is -0.916. The second-order valence-electron chi connectivity index (χ2n) is 3.73. The van der Waals surface area contributed by atoms with Crippen molar-refractivity contribution in [1.82, 2.24) is 4.72 Å². The monoisotopic (exact) mass is 278 g/mol. The number of anilines is 1. The standard InChI is InChI=1S/C10H15FN2O4S/c1-6(5-14)13-18(15,16)10-4-8(12)9(17-2)3-7(10)11/h3-4,6,13-14H,5,12H2,1-2H3/t6-/m0/s1. The molecule has 4 N–H and O–H groups in total. The van der Waals surface area contributed by atoms with Crippen LogP contribution in [0.2, 0.25) is 0 Å². The number of methoxy groups -OCH3 is 1. The fourth-order valence-corrected chi connectivity index (χ4v) is 2.63. The zero-order valence-corrected chi connectivity index (χ0v) is 10.8. The lowest BCUT2D eigenvalue weighted by molar-refractivity contribution is 0.265. The molecule has 0 bridgehead atoms. The van der Waals surface area contributed by atoms with Crippen molar-refractivity contribution in [1.29, 1.82) is 0 Å². The summed E-state index contributed by atoms with van der Waals surface area (Å²) in [5, 5.41) is 8.79. The van der Waals surface area contributed by atoms with E-state index in [1.54, 1.807) is 0 Å². The zero-order valence-electron chi connectivity index (χ0n) is 9.97. The van der Waals surface area contributed by atoms with E-state index < -0.39 is 33.4 Å². The van der Waals surface area contributed by atoms with Crippen molar-refractivity contribution in [2.24, 2.45) is 0 Å². The van der Waals surface area contributed by atoms with Gasteiger partial charge in [-0.05, 0) is 13.0 Å². The Balaban J connectivity index is 3.21. The van der Waals surface area contributed by atoms with Gasteiger partial charge in [-0.25, -0.2) is 17.5 Å². The van der Waals surface area contributed by atoms with Crippen LogP contribution in [0.3, 0.4) is 0 Å². The lowest BCUT2D eigenvalue weighted by Crippen LogP contribution is -2.35. The molecule has 18 heavy (non-hydrogen) atoms. The first kappa shape index (κ1) is 14.7. The Morgan fingerprint density at radius 3 is 2.67 bits per heavy atom. The molecule has 0 aromatic heterocycles. The molecule has 8 heteroatoms. The van der Waals surface area contributed by atoms with E-state index in [2.05, 4.69) is 4.72 Å². The molecular formula is C10H15FN2O4S. The number of sulfonamides is 1. The Morgan fingerprint density at radius 2 is 2.17 bits per heavy atom. The van der Waals surface area contributed by atoms with Crippen LogP contribution >= 0.6 is 0 Å². The lowest BCUT2D eigenvalue weighted by atomic mass is 10.3. The quantitative estimate of drug-likeness (QED) is 0.662. The molecule has 1 rings (SSSR count). The number of nitrogens with two attached hydrogens (primary N) is 1. The van der Waals surface area contributed by atoms with Gasteiger partial charge in [-0.15, -0.1) is 0 Å². The van der Waals surface area contributed by atoms with Gasteiger partial charge in [-0.2, -0.15) is 0 Å². The van der Waals surface area contributed by atoms with E-state index in [4.69, 9.17) is 15.6 Å². The van der Waals surface area contributed by atoms with Gasteiger partial charge in [0.15, 0.2) is 0 Å². The maximum Gasteiger partial charge on any atom is 0.243 e. The van der Waals surface area contributed by atoms with Crippen molar-refractivity contribution >= 4 is 15.7 Å². The predicted molar refractivity (Wildman–Crippen MR) is 64.2 cm³/mol. The zero-order chi connectivity index (χ0) is 13.9. The second kappa shape index (κ2) is 5.51. The lowest BCUT2D eigenvalue weighted by Gasteiger charge is -2.13. The van der Waals surface area contributed by atoms with E-state index in [1.807, 2.05) is 0 Å². The van der Waals surface area contributed by atoms with Gasteiger partial charge < -0.3 is 15.6 Å². The van der Waals surface area contributed by atoms with Crippen LogP contribution in [0, 0.1) is 5.82 Å². The summed E-state index contributed by atoms with van der Waals surface area (Å²) in [5.41, 5.74) is 5.54. The largest absolute Gasteiger partial charge is 0.494 e. The summed E-state index contributed by atoms with van der Waals surface area (Å²) in [4.78, 5) is -0.582. The van der Waals surface area contributed by atoms with E-state index in [9.17, 15) is 12.8 Å². The molecule has 0 fully saturated rings. The maximum absolute atomic E-state index is 13.6. The molecule has 0 radical (unpaired) electrons. The first-order valence-corrected chi connectivity index (χ1v) is 6.56. The SMILES string of the molecule is COc1cc(F)c(S(=O)(=O)N[C@@H](C)CO)cc1N. The molecule has 0 aliphatic rings. The average molecular weight is 278 g/mol. The highest BCUT2D eigenvalue weighted by atomic mass is 32.2. The number of ether oxygens (including phenoxy) is 1. The third-order valence-electron chi connectivity index (χ3n) is 2.20. The first-order valence-electron chi connectivity index (χ1n) is 5.08. The number of halogens is 1. The summed E-state index contributed by atoms with van der Waals surface area (Å²) in [6, 6.07) is 1.14. The number of nitrogen functional groups attached to an aromatic ring is 1. The molecule has 0 spiro atoms. The number of aliphatic hydroxyl groups is 1. The van der Waals surface area contributed by atoms with Crippen LogP contribution in [0.15, 0.2) is 17.0 Å². The van der Waals surface area contributed by atoms with Crippen LogP contribution in [0.4, 0.5) is 10.1 Å². The van der Waals surface area contributed by atoms with Gasteiger partial charge in [0.05, 0.1) is 19.4 Å². The van der Waals surface area contributed by atoms with Gasteiger partial charge in [0, 0.05) is 12.1 Å². The van der Waals surface area contributed by atoms with Gasteiger partial charge in [-0.1, -0.05) is 0 Å². The predicted octanol–water partition coefficient (Wildman–Crippen LogP) is 0.0756. The molecule has 0 amide bonds. The maximum atomic E-state index is 13.6. The number of aliphatic hydroxyl groups excluding tert-OH is 1. The van der Waals surface area contributed by atoms with Crippen LogP contribution in [0.5, 0.6) is 5.75 Å². The van der Waals surface area contributed by atoms with E-state index in [0.717, 1.165) is 12.1 Å². The Morgan fingerprint density at radius 1 is 1.56 bits per heavy atom. The van der Waals surface area contributed by atoms with Gasteiger partial charge in [-0.3, -0.25) is 0 Å². The van der Waals surface area contributed by atoms with Crippen LogP contribution in [-0.4, -0.2) is 33.3 Å². The van der Waals surface area contributed by atoms with Gasteiger partial charge >= 0.3 is 0 Å². The van der Waals surface area contributed by atoms with Crippen molar-refractivity contribution in [2.45, 2.75) is 17.9 Å². The summed E-state index contributed by atoms with van der Waals surface area (Å²) < 4.78 is 44.2. The minimum absolute atomic E-state index is 0.0101. The molecule has 6 nitrogen and oxygen atoms in total. The van der Waals surface area contributed by atoms with Gasteiger partial charge in [0.25, 0.3) is 0 Å². The van der Waals surface area contributed by atoms with Crippen LogP contribution < -0.4 is 15.2 Å². The van der Waals surface area contributed by atoms with E-state index in [-0.39, 0.29) is 11.4 Å². The minimum atomic E-state index is -4.07. The highest BCUT2D eigenvalue weighted by Crippen LogP contribution is 2.27.